The van der Waals surface area contributed by atoms with Gasteiger partial charge >= 0.3 is 0 Å². The first kappa shape index (κ1) is 18.0. The molecule has 1 aromatic carbocycles. The van der Waals surface area contributed by atoms with Gasteiger partial charge in [-0.1, -0.05) is 41.6 Å². The largest absolute Gasteiger partial charge is 0.355 e. The Morgan fingerprint density at radius 2 is 2.19 bits per heavy atom. The highest BCUT2D eigenvalue weighted by Gasteiger charge is 2.17. The van der Waals surface area contributed by atoms with Crippen molar-refractivity contribution in [2.24, 2.45) is 0 Å². The molecule has 2 heterocycles. The van der Waals surface area contributed by atoms with E-state index in [9.17, 15) is 4.79 Å². The van der Waals surface area contributed by atoms with Crippen LogP contribution in [-0.2, 0) is 4.79 Å². The van der Waals surface area contributed by atoms with Gasteiger partial charge in [0, 0.05) is 17.4 Å². The van der Waals surface area contributed by atoms with E-state index in [1.807, 2.05) is 31.2 Å². The van der Waals surface area contributed by atoms with Crippen molar-refractivity contribution in [3.8, 4) is 0 Å². The maximum absolute atomic E-state index is 12.4. The van der Waals surface area contributed by atoms with Crippen molar-refractivity contribution in [2.75, 3.05) is 6.54 Å². The topological polar surface area (TPSA) is 83.6 Å². The van der Waals surface area contributed by atoms with Gasteiger partial charge in [0.25, 0.3) is 0 Å². The predicted octanol–water partition coefficient (Wildman–Crippen LogP) is 3.99. The van der Waals surface area contributed by atoms with Crippen LogP contribution in [0.15, 0.2) is 41.1 Å². The Balaban J connectivity index is 1.36. The fourth-order valence-corrected chi connectivity index (χ4v) is 4.13. The van der Waals surface area contributed by atoms with E-state index >= 15 is 0 Å². The Morgan fingerprint density at radius 3 is 3.04 bits per heavy atom. The predicted molar refractivity (Wildman–Crippen MR) is 109 cm³/mol. The van der Waals surface area contributed by atoms with Crippen molar-refractivity contribution in [1.29, 1.82) is 0 Å². The number of thioether (sulfide) groups is 1. The van der Waals surface area contributed by atoms with Crippen molar-refractivity contribution in [3.63, 3.8) is 0 Å². The van der Waals surface area contributed by atoms with Crippen LogP contribution in [0.5, 0.6) is 0 Å². The molecule has 1 amide bonds. The summed E-state index contributed by atoms with van der Waals surface area (Å²) in [7, 11) is 0. The second-order valence-corrected chi connectivity index (χ2v) is 8.18. The van der Waals surface area contributed by atoms with Crippen LogP contribution < -0.4 is 5.32 Å². The highest BCUT2D eigenvalue weighted by molar-refractivity contribution is 8.00. The SMILES string of the molecule is C[C@H](Sc1nnc2c(n1)[nH]c1ccccc12)C(=O)NCCC1=CCCCC1. The first-order valence-electron chi connectivity index (χ1n) is 9.44. The van der Waals surface area contributed by atoms with E-state index in [-0.39, 0.29) is 11.2 Å². The molecule has 1 atom stereocenters. The standard InChI is InChI=1S/C20H23N5OS/c1-13(19(26)21-12-11-14-7-3-2-4-8-14)27-20-23-18-17(24-25-20)15-9-5-6-10-16(15)22-18/h5-7,9-10,13H,2-4,8,11-12H2,1H3,(H,21,26)(H,22,23,25)/t13-/m0/s1. The second kappa shape index (κ2) is 8.08. The fourth-order valence-electron chi connectivity index (χ4n) is 3.39. The van der Waals surface area contributed by atoms with Crippen LogP contribution in [0.3, 0.4) is 0 Å². The van der Waals surface area contributed by atoms with Gasteiger partial charge < -0.3 is 10.3 Å². The van der Waals surface area contributed by atoms with Crippen molar-refractivity contribution < 1.29 is 4.79 Å². The number of aromatic amines is 1. The molecule has 3 aromatic rings. The number of carbonyl (C=O) groups excluding carboxylic acids is 1. The van der Waals surface area contributed by atoms with Crippen LogP contribution >= 0.6 is 11.8 Å². The van der Waals surface area contributed by atoms with E-state index in [1.165, 1.54) is 43.0 Å². The lowest BCUT2D eigenvalue weighted by molar-refractivity contribution is -0.120. The highest BCUT2D eigenvalue weighted by atomic mass is 32.2. The van der Waals surface area contributed by atoms with Gasteiger partial charge in [0.05, 0.1) is 5.25 Å². The zero-order valence-electron chi connectivity index (χ0n) is 15.4. The maximum atomic E-state index is 12.4. The number of aromatic nitrogens is 4. The van der Waals surface area contributed by atoms with E-state index in [0.29, 0.717) is 17.3 Å². The number of amides is 1. The van der Waals surface area contributed by atoms with Gasteiger partial charge in [0.1, 0.15) is 5.52 Å². The summed E-state index contributed by atoms with van der Waals surface area (Å²) in [5.41, 5.74) is 3.91. The first-order valence-corrected chi connectivity index (χ1v) is 10.3. The van der Waals surface area contributed by atoms with Gasteiger partial charge in [0.2, 0.25) is 11.1 Å². The molecular weight excluding hydrogens is 358 g/mol. The summed E-state index contributed by atoms with van der Waals surface area (Å²) in [5.74, 6) is 0.0109. The van der Waals surface area contributed by atoms with E-state index in [2.05, 4.69) is 31.6 Å². The van der Waals surface area contributed by atoms with Gasteiger partial charge in [-0.2, -0.15) is 0 Å². The van der Waals surface area contributed by atoms with Crippen LogP contribution in [0, 0.1) is 0 Å². The molecule has 1 aliphatic carbocycles. The number of allylic oxidation sites excluding steroid dienone is 1. The summed E-state index contributed by atoms with van der Waals surface area (Å²) in [5, 5.41) is 12.8. The third-order valence-corrected chi connectivity index (χ3v) is 5.84. The molecule has 0 spiro atoms. The molecule has 6 nitrogen and oxygen atoms in total. The van der Waals surface area contributed by atoms with Gasteiger partial charge in [-0.3, -0.25) is 4.79 Å². The van der Waals surface area contributed by atoms with Gasteiger partial charge in [-0.05, 0) is 45.1 Å². The molecule has 0 aliphatic heterocycles. The zero-order valence-corrected chi connectivity index (χ0v) is 16.2. The molecule has 0 fully saturated rings. The van der Waals surface area contributed by atoms with Gasteiger partial charge in [0.15, 0.2) is 5.65 Å². The van der Waals surface area contributed by atoms with Gasteiger partial charge in [-0.15, -0.1) is 10.2 Å². The molecular formula is C20H23N5OS. The molecule has 4 rings (SSSR count). The maximum Gasteiger partial charge on any atom is 0.233 e. The minimum Gasteiger partial charge on any atom is -0.355 e. The fraction of sp³-hybridized carbons (Fsp3) is 0.400. The van der Waals surface area contributed by atoms with Crippen LogP contribution in [0.1, 0.15) is 39.0 Å². The Labute approximate surface area is 162 Å². The Morgan fingerprint density at radius 1 is 1.30 bits per heavy atom. The summed E-state index contributed by atoms with van der Waals surface area (Å²) in [6.45, 7) is 2.56. The number of benzene rings is 1. The smallest absolute Gasteiger partial charge is 0.233 e. The molecule has 27 heavy (non-hydrogen) atoms. The van der Waals surface area contributed by atoms with Crippen LogP contribution in [0.25, 0.3) is 22.1 Å². The number of nitrogens with one attached hydrogen (secondary N) is 2. The van der Waals surface area contributed by atoms with E-state index < -0.39 is 0 Å². The summed E-state index contributed by atoms with van der Waals surface area (Å²) in [6, 6.07) is 7.92. The van der Waals surface area contributed by atoms with Crippen LogP contribution in [0.4, 0.5) is 0 Å². The minimum atomic E-state index is -0.269. The van der Waals surface area contributed by atoms with Crippen LogP contribution in [-0.4, -0.2) is 37.9 Å². The number of fused-ring (bicyclic) bond motifs is 3. The zero-order chi connectivity index (χ0) is 18.6. The van der Waals surface area contributed by atoms with Crippen molar-refractivity contribution in [1.82, 2.24) is 25.5 Å². The molecule has 0 saturated heterocycles. The van der Waals surface area contributed by atoms with Crippen LogP contribution in [0.2, 0.25) is 0 Å². The second-order valence-electron chi connectivity index (χ2n) is 6.87. The number of carbonyl (C=O) groups is 1. The molecule has 7 heteroatoms. The Bertz CT molecular complexity index is 996. The summed E-state index contributed by atoms with van der Waals surface area (Å²) in [4.78, 5) is 20.1. The summed E-state index contributed by atoms with van der Waals surface area (Å²) < 4.78 is 0. The highest BCUT2D eigenvalue weighted by Crippen LogP contribution is 2.25. The average Bonchev–Trinajstić information content (AvgIpc) is 3.06. The van der Waals surface area contributed by atoms with E-state index in [1.54, 1.807) is 0 Å². The number of rotatable bonds is 6. The number of para-hydroxylation sites is 1. The first-order chi connectivity index (χ1) is 13.2. The van der Waals surface area contributed by atoms with Gasteiger partial charge in [-0.25, -0.2) is 4.98 Å². The number of hydrogen-bond acceptors (Lipinski definition) is 5. The molecule has 1 aliphatic rings. The Kier molecular flexibility index (Phi) is 5.38. The normalized spacial score (nSPS) is 15.7. The quantitative estimate of drug-likeness (QED) is 0.498. The lowest BCUT2D eigenvalue weighted by Crippen LogP contribution is -2.32. The molecule has 140 valence electrons. The number of H-pyrrole nitrogens is 1. The lowest BCUT2D eigenvalue weighted by Gasteiger charge is -2.14. The third-order valence-electron chi connectivity index (χ3n) is 4.88. The molecule has 0 saturated carbocycles. The molecule has 2 aromatic heterocycles. The third kappa shape index (κ3) is 4.13. The number of hydrogen-bond donors (Lipinski definition) is 2. The van der Waals surface area contributed by atoms with Crippen molar-refractivity contribution >= 4 is 39.7 Å². The van der Waals surface area contributed by atoms with E-state index in [0.717, 1.165) is 22.8 Å². The lowest BCUT2D eigenvalue weighted by atomic mass is 9.97. The Hall–Kier alpha value is -2.41. The molecule has 0 unspecified atom stereocenters. The monoisotopic (exact) mass is 381 g/mol. The molecule has 2 N–H and O–H groups in total. The molecule has 0 radical (unpaired) electrons. The molecule has 0 bridgehead atoms. The van der Waals surface area contributed by atoms with E-state index in [4.69, 9.17) is 0 Å². The van der Waals surface area contributed by atoms with Crippen molar-refractivity contribution in [2.45, 2.75) is 49.4 Å². The number of nitrogens with zero attached hydrogens (tertiary/aromatic N) is 3. The average molecular weight is 382 g/mol. The minimum absolute atomic E-state index is 0.0109. The van der Waals surface area contributed by atoms with Crippen molar-refractivity contribution in [3.05, 3.63) is 35.9 Å². The summed E-state index contributed by atoms with van der Waals surface area (Å²) in [6.07, 6.45) is 8.18. The summed E-state index contributed by atoms with van der Waals surface area (Å²) >= 11 is 1.33.